The predicted molar refractivity (Wildman–Crippen MR) is 172 cm³/mol. The molecule has 0 saturated carbocycles. The quantitative estimate of drug-likeness (QED) is 0.133. The first kappa shape index (κ1) is 31.7. The van der Waals surface area contributed by atoms with Crippen molar-refractivity contribution in [3.8, 4) is 22.9 Å². The highest BCUT2D eigenvalue weighted by molar-refractivity contribution is 5.92. The van der Waals surface area contributed by atoms with E-state index in [9.17, 15) is 22.8 Å². The van der Waals surface area contributed by atoms with Crippen molar-refractivity contribution in [3.05, 3.63) is 130 Å². The second-order valence-electron chi connectivity index (χ2n) is 10.3. The molecule has 1 N–H and O–H groups in total. The normalized spacial score (nSPS) is 11.5. The molecule has 5 rings (SSSR count). The standard InChI is InChI=1S/C35H29F3N4O4/c1-4-8-24-17-23(18-30(45-3)32(24)46-21-31(43)40-27-15-13-22(2)14-16-27)20-39-42-33(25-9-7-10-26(19-25)35(36,37)38)41-29-12-6-5-11-28(29)34(42)44/h4-7,9-20H,1,8,21H2,2-3H3,(H,40,43). The molecule has 0 spiro atoms. The van der Waals surface area contributed by atoms with Gasteiger partial charge in [-0.3, -0.25) is 9.59 Å². The Morgan fingerprint density at radius 1 is 1.04 bits per heavy atom. The first-order valence-corrected chi connectivity index (χ1v) is 14.1. The van der Waals surface area contributed by atoms with Crippen LogP contribution in [-0.2, 0) is 17.4 Å². The van der Waals surface area contributed by atoms with Crippen LogP contribution < -0.4 is 20.3 Å². The number of fused-ring (bicyclic) bond motifs is 1. The van der Waals surface area contributed by atoms with Crippen LogP contribution in [0.2, 0.25) is 0 Å². The van der Waals surface area contributed by atoms with E-state index in [-0.39, 0.29) is 29.3 Å². The number of benzene rings is 4. The predicted octanol–water partition coefficient (Wildman–Crippen LogP) is 7.03. The van der Waals surface area contributed by atoms with Crippen LogP contribution in [0.5, 0.6) is 11.5 Å². The largest absolute Gasteiger partial charge is 0.493 e. The lowest BCUT2D eigenvalue weighted by Crippen LogP contribution is -2.21. The second-order valence-corrected chi connectivity index (χ2v) is 10.3. The van der Waals surface area contributed by atoms with E-state index in [4.69, 9.17) is 9.47 Å². The van der Waals surface area contributed by atoms with E-state index in [1.54, 1.807) is 54.6 Å². The van der Waals surface area contributed by atoms with Crippen LogP contribution in [0.3, 0.4) is 0 Å². The highest BCUT2D eigenvalue weighted by Crippen LogP contribution is 2.34. The Labute approximate surface area is 262 Å². The van der Waals surface area contributed by atoms with Crippen molar-refractivity contribution < 1.29 is 27.4 Å². The van der Waals surface area contributed by atoms with Gasteiger partial charge in [0.2, 0.25) is 0 Å². The van der Waals surface area contributed by atoms with Crippen LogP contribution in [0.25, 0.3) is 22.3 Å². The second kappa shape index (κ2) is 13.5. The van der Waals surface area contributed by atoms with Crippen molar-refractivity contribution in [3.63, 3.8) is 0 Å². The Morgan fingerprint density at radius 3 is 2.52 bits per heavy atom. The van der Waals surface area contributed by atoms with Gasteiger partial charge in [0.15, 0.2) is 23.9 Å². The van der Waals surface area contributed by atoms with Gasteiger partial charge in [-0.25, -0.2) is 4.98 Å². The molecular weight excluding hydrogens is 597 g/mol. The van der Waals surface area contributed by atoms with Gasteiger partial charge in [0.1, 0.15) is 0 Å². The number of methoxy groups -OCH3 is 1. The van der Waals surface area contributed by atoms with Gasteiger partial charge in [-0.1, -0.05) is 48.0 Å². The number of para-hydroxylation sites is 1. The molecule has 0 unspecified atom stereocenters. The van der Waals surface area contributed by atoms with E-state index in [1.807, 2.05) is 19.1 Å². The van der Waals surface area contributed by atoms with Crippen LogP contribution in [0.15, 0.2) is 107 Å². The SMILES string of the molecule is C=CCc1cc(C=Nn2c(-c3cccc(C(F)(F)F)c3)nc3ccccc3c2=O)cc(OC)c1OCC(=O)Nc1ccc(C)cc1. The molecule has 0 aliphatic heterocycles. The minimum absolute atomic E-state index is 0.0624. The fraction of sp³-hybridized carbons (Fsp3) is 0.143. The Hall–Kier alpha value is -5.71. The first-order valence-electron chi connectivity index (χ1n) is 14.1. The zero-order chi connectivity index (χ0) is 32.8. The zero-order valence-electron chi connectivity index (χ0n) is 25.0. The molecule has 8 nitrogen and oxygen atoms in total. The molecule has 11 heteroatoms. The lowest BCUT2D eigenvalue weighted by atomic mass is 10.1. The number of hydrogen-bond acceptors (Lipinski definition) is 6. The van der Waals surface area contributed by atoms with Crippen molar-refractivity contribution in [1.82, 2.24) is 9.66 Å². The molecule has 1 aromatic heterocycles. The Kier molecular flexibility index (Phi) is 9.31. The Morgan fingerprint density at radius 2 is 1.80 bits per heavy atom. The van der Waals surface area contributed by atoms with Crippen molar-refractivity contribution >= 4 is 28.7 Å². The summed E-state index contributed by atoms with van der Waals surface area (Å²) in [6, 6.07) is 21.7. The minimum atomic E-state index is -4.59. The van der Waals surface area contributed by atoms with E-state index < -0.39 is 17.3 Å². The maximum Gasteiger partial charge on any atom is 0.416 e. The number of carbonyl (C=O) groups is 1. The van der Waals surface area contributed by atoms with E-state index in [1.165, 1.54) is 25.5 Å². The highest BCUT2D eigenvalue weighted by Gasteiger charge is 2.31. The van der Waals surface area contributed by atoms with Gasteiger partial charge in [0, 0.05) is 16.8 Å². The van der Waals surface area contributed by atoms with Crippen LogP contribution >= 0.6 is 0 Å². The van der Waals surface area contributed by atoms with Gasteiger partial charge in [0.05, 0.1) is 29.8 Å². The molecule has 0 radical (unpaired) electrons. The fourth-order valence-corrected chi connectivity index (χ4v) is 4.73. The minimum Gasteiger partial charge on any atom is -0.493 e. The monoisotopic (exact) mass is 626 g/mol. The summed E-state index contributed by atoms with van der Waals surface area (Å²) in [7, 11) is 1.44. The maximum atomic E-state index is 13.6. The summed E-state index contributed by atoms with van der Waals surface area (Å²) >= 11 is 0. The number of amides is 1. The van der Waals surface area contributed by atoms with Gasteiger partial charge in [-0.05, 0) is 67.4 Å². The number of aromatic nitrogens is 2. The molecule has 46 heavy (non-hydrogen) atoms. The van der Waals surface area contributed by atoms with Gasteiger partial charge < -0.3 is 14.8 Å². The van der Waals surface area contributed by atoms with Crippen molar-refractivity contribution in [2.24, 2.45) is 5.10 Å². The Balaban J connectivity index is 1.51. The van der Waals surface area contributed by atoms with E-state index in [0.29, 0.717) is 40.3 Å². The molecule has 0 saturated heterocycles. The van der Waals surface area contributed by atoms with Gasteiger partial charge in [-0.2, -0.15) is 22.9 Å². The van der Waals surface area contributed by atoms with E-state index in [0.717, 1.165) is 22.4 Å². The third-order valence-electron chi connectivity index (χ3n) is 6.95. The van der Waals surface area contributed by atoms with Crippen LogP contribution in [0.4, 0.5) is 18.9 Å². The third-order valence-corrected chi connectivity index (χ3v) is 6.95. The average Bonchev–Trinajstić information content (AvgIpc) is 3.04. The molecule has 4 aromatic carbocycles. The van der Waals surface area contributed by atoms with Crippen molar-refractivity contribution in [2.75, 3.05) is 19.0 Å². The molecule has 0 aliphatic rings. The summed E-state index contributed by atoms with van der Waals surface area (Å²) in [6.45, 7) is 5.46. The number of alkyl halides is 3. The number of carbonyl (C=O) groups excluding carboxylic acids is 1. The molecule has 5 aromatic rings. The molecular formula is C35H29F3N4O4. The van der Waals surface area contributed by atoms with E-state index in [2.05, 4.69) is 22.0 Å². The van der Waals surface area contributed by atoms with Gasteiger partial charge in [-0.15, -0.1) is 6.58 Å². The molecule has 0 bridgehead atoms. The van der Waals surface area contributed by atoms with Gasteiger partial charge in [0.25, 0.3) is 11.5 Å². The molecule has 1 heterocycles. The van der Waals surface area contributed by atoms with Crippen LogP contribution in [-0.4, -0.2) is 35.5 Å². The molecule has 0 aliphatic carbocycles. The number of ether oxygens (including phenoxy) is 2. The molecule has 0 fully saturated rings. The third kappa shape index (κ3) is 7.15. The number of halogens is 3. The molecule has 0 atom stereocenters. The summed E-state index contributed by atoms with van der Waals surface area (Å²) in [5.74, 6) is 0.189. The fourth-order valence-electron chi connectivity index (χ4n) is 4.73. The lowest BCUT2D eigenvalue weighted by Gasteiger charge is -2.16. The highest BCUT2D eigenvalue weighted by atomic mass is 19.4. The topological polar surface area (TPSA) is 94.8 Å². The van der Waals surface area contributed by atoms with Gasteiger partial charge >= 0.3 is 6.18 Å². The Bertz CT molecular complexity index is 2000. The lowest BCUT2D eigenvalue weighted by molar-refractivity contribution is -0.137. The summed E-state index contributed by atoms with van der Waals surface area (Å²) in [6.07, 6.45) is -1.22. The first-order chi connectivity index (χ1) is 22.1. The van der Waals surface area contributed by atoms with Crippen molar-refractivity contribution in [1.29, 1.82) is 0 Å². The van der Waals surface area contributed by atoms with Crippen LogP contribution in [0, 0.1) is 6.92 Å². The number of aryl methyl sites for hydroxylation is 1. The van der Waals surface area contributed by atoms with Crippen molar-refractivity contribution in [2.45, 2.75) is 19.5 Å². The summed E-state index contributed by atoms with van der Waals surface area (Å²) in [4.78, 5) is 30.7. The van der Waals surface area contributed by atoms with Crippen LogP contribution in [0.1, 0.15) is 22.3 Å². The summed E-state index contributed by atoms with van der Waals surface area (Å²) in [5.41, 5.74) is 1.73. The number of allylic oxidation sites excluding steroid dienone is 1. The number of rotatable bonds is 10. The molecule has 1 amide bonds. The number of hydrogen-bond donors (Lipinski definition) is 1. The average molecular weight is 627 g/mol. The molecule has 234 valence electrons. The van der Waals surface area contributed by atoms with E-state index >= 15 is 0 Å². The number of nitrogens with zero attached hydrogens (tertiary/aromatic N) is 3. The zero-order valence-corrected chi connectivity index (χ0v) is 25.0. The number of anilines is 1. The summed E-state index contributed by atoms with van der Waals surface area (Å²) in [5, 5.41) is 7.40. The summed E-state index contributed by atoms with van der Waals surface area (Å²) < 4.78 is 53.0. The maximum absolute atomic E-state index is 13.6. The number of nitrogens with one attached hydrogen (secondary N) is 1. The smallest absolute Gasteiger partial charge is 0.416 e.